The first kappa shape index (κ1) is 26.9. The molecule has 0 unspecified atom stereocenters. The topological polar surface area (TPSA) is 63.2 Å². The van der Waals surface area contributed by atoms with E-state index in [4.69, 9.17) is 42.9 Å². The fraction of sp³-hybridized carbons (Fsp3) is 0.346. The normalized spacial score (nSPS) is 15.9. The van der Waals surface area contributed by atoms with E-state index in [0.29, 0.717) is 50.9 Å². The van der Waals surface area contributed by atoms with Crippen LogP contribution in [0, 0.1) is 0 Å². The number of ether oxygens (including phenoxy) is 1. The van der Waals surface area contributed by atoms with Crippen LogP contribution in [0.25, 0.3) is 10.3 Å². The van der Waals surface area contributed by atoms with Crippen molar-refractivity contribution in [1.82, 2.24) is 15.0 Å². The average Bonchev–Trinajstić information content (AvgIpc) is 3.51. The van der Waals surface area contributed by atoms with Crippen LogP contribution in [0.1, 0.15) is 35.4 Å². The molecule has 6 nitrogen and oxygen atoms in total. The predicted octanol–water partition coefficient (Wildman–Crippen LogP) is 7.75. The maximum atomic E-state index is 13.1. The lowest BCUT2D eigenvalue weighted by Crippen LogP contribution is -2.31. The number of benzene rings is 2. The Balaban J connectivity index is 1.53. The third kappa shape index (κ3) is 5.83. The summed E-state index contributed by atoms with van der Waals surface area (Å²) < 4.78 is 44.5. The van der Waals surface area contributed by atoms with Crippen molar-refractivity contribution in [2.75, 3.05) is 30.5 Å². The van der Waals surface area contributed by atoms with Crippen LogP contribution in [0.15, 0.2) is 42.5 Å². The van der Waals surface area contributed by atoms with E-state index in [1.165, 1.54) is 23.5 Å². The van der Waals surface area contributed by atoms with Gasteiger partial charge in [-0.25, -0.2) is 4.98 Å². The molecule has 0 aliphatic carbocycles. The van der Waals surface area contributed by atoms with Gasteiger partial charge >= 0.3 is 6.18 Å². The van der Waals surface area contributed by atoms with Crippen molar-refractivity contribution in [3.05, 3.63) is 68.6 Å². The van der Waals surface area contributed by atoms with Crippen LogP contribution in [0.2, 0.25) is 10.0 Å². The monoisotopic (exact) mass is 581 g/mol. The molecule has 1 N–H and O–H groups in total. The molecule has 1 aliphatic heterocycles. The van der Waals surface area contributed by atoms with Crippen LogP contribution in [0.5, 0.6) is 0 Å². The first-order valence-corrected chi connectivity index (χ1v) is 13.6. The molecule has 1 saturated heterocycles. The second kappa shape index (κ2) is 11.2. The quantitative estimate of drug-likeness (QED) is 0.229. The molecule has 2 aromatic carbocycles. The number of aromatic nitrogens is 3. The van der Waals surface area contributed by atoms with Gasteiger partial charge in [0.2, 0.25) is 5.95 Å². The van der Waals surface area contributed by atoms with E-state index in [1.54, 1.807) is 25.3 Å². The summed E-state index contributed by atoms with van der Waals surface area (Å²) in [6, 6.07) is 10.4. The van der Waals surface area contributed by atoms with Crippen LogP contribution in [-0.4, -0.2) is 41.3 Å². The van der Waals surface area contributed by atoms with Crippen LogP contribution in [-0.2, 0) is 17.3 Å². The van der Waals surface area contributed by atoms with E-state index >= 15 is 0 Å². The molecule has 3 heterocycles. The molecule has 0 bridgehead atoms. The molecule has 38 heavy (non-hydrogen) atoms. The van der Waals surface area contributed by atoms with Crippen molar-refractivity contribution in [2.45, 2.75) is 37.9 Å². The zero-order valence-corrected chi connectivity index (χ0v) is 22.7. The summed E-state index contributed by atoms with van der Waals surface area (Å²) in [5.74, 6) is 0.978. The number of fused-ring (bicyclic) bond motifs is 1. The summed E-state index contributed by atoms with van der Waals surface area (Å²) in [5, 5.41) is 5.01. The summed E-state index contributed by atoms with van der Waals surface area (Å²) >= 11 is 14.2. The van der Waals surface area contributed by atoms with E-state index < -0.39 is 11.7 Å². The molecule has 0 radical (unpaired) electrons. The molecule has 0 saturated carbocycles. The van der Waals surface area contributed by atoms with Gasteiger partial charge in [-0.3, -0.25) is 0 Å². The molecule has 0 spiro atoms. The Morgan fingerprint density at radius 1 is 1.08 bits per heavy atom. The predicted molar refractivity (Wildman–Crippen MR) is 146 cm³/mol. The van der Waals surface area contributed by atoms with Crippen molar-refractivity contribution < 1.29 is 17.9 Å². The van der Waals surface area contributed by atoms with Crippen molar-refractivity contribution in [3.63, 3.8) is 0 Å². The maximum absolute atomic E-state index is 13.1. The highest BCUT2D eigenvalue weighted by molar-refractivity contribution is 7.18. The average molecular weight is 582 g/mol. The molecule has 12 heteroatoms. The minimum atomic E-state index is -4.41. The van der Waals surface area contributed by atoms with Gasteiger partial charge < -0.3 is 15.0 Å². The van der Waals surface area contributed by atoms with Gasteiger partial charge in [0, 0.05) is 48.5 Å². The molecule has 2 aromatic heterocycles. The first-order chi connectivity index (χ1) is 18.2. The molecule has 4 aromatic rings. The fourth-order valence-corrected chi connectivity index (χ4v) is 6.00. The fourth-order valence-electron chi connectivity index (χ4n) is 4.53. The summed E-state index contributed by atoms with van der Waals surface area (Å²) in [7, 11) is 1.68. The van der Waals surface area contributed by atoms with E-state index in [2.05, 4.69) is 10.2 Å². The number of rotatable bonds is 8. The Morgan fingerprint density at radius 3 is 2.50 bits per heavy atom. The van der Waals surface area contributed by atoms with Gasteiger partial charge in [0.1, 0.15) is 10.5 Å². The molecule has 200 valence electrons. The molecular formula is C26H24Cl2F3N5OS. The number of methoxy groups -OCH3 is 1. The molecule has 5 rings (SSSR count). The minimum absolute atomic E-state index is 0.237. The van der Waals surface area contributed by atoms with Gasteiger partial charge in [0.25, 0.3) is 0 Å². The highest BCUT2D eigenvalue weighted by Gasteiger charge is 2.30. The van der Waals surface area contributed by atoms with Gasteiger partial charge in [-0.1, -0.05) is 40.6 Å². The SMILES string of the molecule is COCC[C@@H]1CCCN1c1nc(Nc2ccc(C(F)(F)F)cc2)c2nc(Cc3c(Cl)cccc3Cl)sc2n1. The van der Waals surface area contributed by atoms with E-state index in [0.717, 1.165) is 48.5 Å². The van der Waals surface area contributed by atoms with Gasteiger partial charge in [0.05, 0.1) is 5.56 Å². The molecule has 1 aliphatic rings. The molecule has 1 atom stereocenters. The van der Waals surface area contributed by atoms with Gasteiger partial charge in [-0.05, 0) is 61.2 Å². The molecule has 1 fully saturated rings. The van der Waals surface area contributed by atoms with Crippen molar-refractivity contribution in [3.8, 4) is 0 Å². The largest absolute Gasteiger partial charge is 0.416 e. The van der Waals surface area contributed by atoms with Crippen molar-refractivity contribution >= 4 is 62.3 Å². The number of hydrogen-bond donors (Lipinski definition) is 1. The number of halogens is 5. The van der Waals surface area contributed by atoms with E-state index in [9.17, 15) is 13.2 Å². The summed E-state index contributed by atoms with van der Waals surface area (Å²) in [6.45, 7) is 1.43. The number of nitrogens with zero attached hydrogens (tertiary/aromatic N) is 4. The third-order valence-electron chi connectivity index (χ3n) is 6.45. The van der Waals surface area contributed by atoms with E-state index in [-0.39, 0.29) is 6.04 Å². The standard InChI is InChI=1S/C26H24Cl2F3N5OS/c1-37-13-11-17-4-3-12-36(17)25-34-23(32-16-9-7-15(8-10-16)26(29,30)31)22-24(35-25)38-21(33-22)14-18-19(27)5-2-6-20(18)28/h2,5-10,17H,3-4,11-14H2,1H3,(H,32,34,35)/t17-/m0/s1. The van der Waals surface area contributed by atoms with Crippen LogP contribution < -0.4 is 10.2 Å². The van der Waals surface area contributed by atoms with Crippen LogP contribution >= 0.6 is 34.5 Å². The Bertz CT molecular complexity index is 1410. The van der Waals surface area contributed by atoms with Crippen LogP contribution in [0.3, 0.4) is 0 Å². The lowest BCUT2D eigenvalue weighted by molar-refractivity contribution is -0.137. The number of nitrogens with one attached hydrogen (secondary N) is 1. The van der Waals surface area contributed by atoms with Gasteiger partial charge in [-0.2, -0.15) is 23.1 Å². The number of alkyl halides is 3. The number of thiazole rings is 1. The van der Waals surface area contributed by atoms with Crippen LogP contribution in [0.4, 0.5) is 30.6 Å². The third-order valence-corrected chi connectivity index (χ3v) is 8.10. The van der Waals surface area contributed by atoms with Crippen molar-refractivity contribution in [1.29, 1.82) is 0 Å². The molecular weight excluding hydrogens is 558 g/mol. The maximum Gasteiger partial charge on any atom is 0.416 e. The highest BCUT2D eigenvalue weighted by atomic mass is 35.5. The lowest BCUT2D eigenvalue weighted by atomic mass is 10.1. The smallest absolute Gasteiger partial charge is 0.385 e. The molecule has 0 amide bonds. The summed E-state index contributed by atoms with van der Waals surface area (Å²) in [5.41, 5.74) is 1.04. The second-order valence-electron chi connectivity index (χ2n) is 8.98. The minimum Gasteiger partial charge on any atom is -0.385 e. The Morgan fingerprint density at radius 2 is 1.82 bits per heavy atom. The summed E-state index contributed by atoms with van der Waals surface area (Å²) in [4.78, 5) is 17.3. The summed E-state index contributed by atoms with van der Waals surface area (Å²) in [6.07, 6.45) is -1.14. The second-order valence-corrected chi connectivity index (χ2v) is 10.9. The van der Waals surface area contributed by atoms with Gasteiger partial charge in [-0.15, -0.1) is 0 Å². The van der Waals surface area contributed by atoms with Gasteiger partial charge in [0.15, 0.2) is 10.6 Å². The zero-order valence-electron chi connectivity index (χ0n) is 20.4. The van der Waals surface area contributed by atoms with Crippen molar-refractivity contribution in [2.24, 2.45) is 0 Å². The zero-order chi connectivity index (χ0) is 26.9. The Kier molecular flexibility index (Phi) is 7.95. The van der Waals surface area contributed by atoms with E-state index in [1.807, 2.05) is 0 Å². The lowest BCUT2D eigenvalue weighted by Gasteiger charge is -2.25. The number of hydrogen-bond acceptors (Lipinski definition) is 7. The number of anilines is 3. The highest BCUT2D eigenvalue weighted by Crippen LogP contribution is 2.36. The Hall–Kier alpha value is -2.66. The first-order valence-electron chi connectivity index (χ1n) is 12.0. The Labute approximate surface area is 231 Å².